The minimum atomic E-state index is -0.255. The number of hydrogen-bond acceptors (Lipinski definition) is 4. The first-order valence-corrected chi connectivity index (χ1v) is 7.57. The molecule has 0 saturated carbocycles. The van der Waals surface area contributed by atoms with E-state index in [2.05, 4.69) is 20.8 Å². The van der Waals surface area contributed by atoms with E-state index < -0.39 is 0 Å². The quantitative estimate of drug-likeness (QED) is 0.826. The van der Waals surface area contributed by atoms with Crippen molar-refractivity contribution in [3.05, 3.63) is 21.9 Å². The Hall–Kier alpha value is -0.870. The van der Waals surface area contributed by atoms with Crippen molar-refractivity contribution >= 4 is 17.3 Å². The van der Waals surface area contributed by atoms with Crippen molar-refractivity contribution in [2.45, 2.75) is 59.6 Å². The van der Waals surface area contributed by atoms with Crippen molar-refractivity contribution in [1.82, 2.24) is 0 Å². The number of carbonyl (C=O) groups is 1. The maximum absolute atomic E-state index is 11.8. The molecule has 0 spiro atoms. The van der Waals surface area contributed by atoms with Crippen LogP contribution in [0.3, 0.4) is 0 Å². The third-order valence-electron chi connectivity index (χ3n) is 2.74. The SMILES string of the molecule is CC(C)OC(=O)c1ccc(C(N)CCC(C)(C)C)s1. The zero-order valence-electron chi connectivity index (χ0n) is 12.5. The molecule has 1 atom stereocenters. The smallest absolute Gasteiger partial charge is 0.348 e. The first-order chi connectivity index (χ1) is 8.69. The average molecular weight is 283 g/mol. The van der Waals surface area contributed by atoms with Crippen LogP contribution in [0.15, 0.2) is 12.1 Å². The Balaban J connectivity index is 2.61. The van der Waals surface area contributed by atoms with E-state index in [1.54, 1.807) is 0 Å². The molecule has 2 N–H and O–H groups in total. The maximum Gasteiger partial charge on any atom is 0.348 e. The van der Waals surface area contributed by atoms with Gasteiger partial charge in [-0.15, -0.1) is 11.3 Å². The number of carbonyl (C=O) groups excluding carboxylic acids is 1. The van der Waals surface area contributed by atoms with E-state index in [0.29, 0.717) is 4.88 Å². The van der Waals surface area contributed by atoms with Crippen LogP contribution in [0.5, 0.6) is 0 Å². The summed E-state index contributed by atoms with van der Waals surface area (Å²) in [4.78, 5) is 13.4. The van der Waals surface area contributed by atoms with E-state index in [9.17, 15) is 4.79 Å². The van der Waals surface area contributed by atoms with Crippen LogP contribution in [-0.4, -0.2) is 12.1 Å². The van der Waals surface area contributed by atoms with Crippen LogP contribution in [0, 0.1) is 5.41 Å². The van der Waals surface area contributed by atoms with Gasteiger partial charge in [-0.2, -0.15) is 0 Å². The highest BCUT2D eigenvalue weighted by Crippen LogP contribution is 2.29. The topological polar surface area (TPSA) is 52.3 Å². The molecule has 1 unspecified atom stereocenters. The maximum atomic E-state index is 11.8. The number of esters is 1. The second kappa shape index (κ2) is 6.53. The van der Waals surface area contributed by atoms with E-state index in [-0.39, 0.29) is 23.5 Å². The summed E-state index contributed by atoms with van der Waals surface area (Å²) in [5.41, 5.74) is 6.46. The fourth-order valence-electron chi connectivity index (χ4n) is 1.66. The molecular weight excluding hydrogens is 258 g/mol. The fourth-order valence-corrected chi connectivity index (χ4v) is 2.59. The number of thiophene rings is 1. The lowest BCUT2D eigenvalue weighted by Crippen LogP contribution is -2.13. The van der Waals surface area contributed by atoms with Gasteiger partial charge >= 0.3 is 5.97 Å². The van der Waals surface area contributed by atoms with Gasteiger partial charge in [0.25, 0.3) is 0 Å². The number of nitrogens with two attached hydrogens (primary N) is 1. The van der Waals surface area contributed by atoms with Crippen LogP contribution in [0.2, 0.25) is 0 Å². The molecule has 108 valence electrons. The first-order valence-electron chi connectivity index (χ1n) is 6.75. The molecule has 0 aromatic carbocycles. The number of ether oxygens (including phenoxy) is 1. The van der Waals surface area contributed by atoms with Crippen molar-refractivity contribution in [2.75, 3.05) is 0 Å². The number of rotatable bonds is 5. The molecule has 1 aromatic rings. The van der Waals surface area contributed by atoms with Crippen LogP contribution in [-0.2, 0) is 4.74 Å². The summed E-state index contributed by atoms with van der Waals surface area (Å²) in [6.07, 6.45) is 1.91. The Morgan fingerprint density at radius 2 is 2.00 bits per heavy atom. The van der Waals surface area contributed by atoms with Gasteiger partial charge in [-0.3, -0.25) is 0 Å². The molecule has 0 aliphatic heterocycles. The first kappa shape index (κ1) is 16.2. The lowest BCUT2D eigenvalue weighted by molar-refractivity contribution is 0.0384. The summed E-state index contributed by atoms with van der Waals surface area (Å²) in [5, 5.41) is 0. The molecular formula is C15H25NO2S. The molecule has 1 aromatic heterocycles. The summed E-state index contributed by atoms with van der Waals surface area (Å²) in [5.74, 6) is -0.255. The monoisotopic (exact) mass is 283 g/mol. The second-order valence-electron chi connectivity index (χ2n) is 6.36. The normalized spacial score (nSPS) is 13.6. The highest BCUT2D eigenvalue weighted by molar-refractivity contribution is 7.14. The Morgan fingerprint density at radius 3 is 2.53 bits per heavy atom. The van der Waals surface area contributed by atoms with Gasteiger partial charge in [0.15, 0.2) is 0 Å². The van der Waals surface area contributed by atoms with Crippen molar-refractivity contribution in [3.8, 4) is 0 Å². The molecule has 1 rings (SSSR count). The molecule has 0 aliphatic rings. The van der Waals surface area contributed by atoms with E-state index in [4.69, 9.17) is 10.5 Å². The highest BCUT2D eigenvalue weighted by Gasteiger charge is 2.18. The fraction of sp³-hybridized carbons (Fsp3) is 0.667. The molecule has 1 heterocycles. The van der Waals surface area contributed by atoms with Crippen molar-refractivity contribution < 1.29 is 9.53 Å². The molecule has 0 amide bonds. The lowest BCUT2D eigenvalue weighted by Gasteiger charge is -2.20. The predicted octanol–water partition coefficient (Wildman–Crippen LogP) is 4.14. The second-order valence-corrected chi connectivity index (χ2v) is 7.48. The van der Waals surface area contributed by atoms with Crippen LogP contribution in [0.1, 0.15) is 68.1 Å². The Morgan fingerprint density at radius 1 is 1.37 bits per heavy atom. The van der Waals surface area contributed by atoms with Crippen LogP contribution < -0.4 is 5.73 Å². The van der Waals surface area contributed by atoms with Gasteiger partial charge in [0.1, 0.15) is 4.88 Å². The van der Waals surface area contributed by atoms with E-state index in [1.807, 2.05) is 26.0 Å². The summed E-state index contributed by atoms with van der Waals surface area (Å²) in [6, 6.07) is 3.75. The molecule has 0 bridgehead atoms. The standard InChI is InChI=1S/C15H25NO2S/c1-10(2)18-14(17)13-7-6-12(19-13)11(16)8-9-15(3,4)5/h6-7,10-11H,8-9,16H2,1-5H3. The van der Waals surface area contributed by atoms with Crippen molar-refractivity contribution in [2.24, 2.45) is 11.1 Å². The van der Waals surface area contributed by atoms with Crippen molar-refractivity contribution in [3.63, 3.8) is 0 Å². The van der Waals surface area contributed by atoms with E-state index in [1.165, 1.54) is 11.3 Å². The Bertz CT molecular complexity index is 418. The minimum absolute atomic E-state index is 0.00447. The van der Waals surface area contributed by atoms with E-state index >= 15 is 0 Å². The Kier molecular flexibility index (Phi) is 5.56. The highest BCUT2D eigenvalue weighted by atomic mass is 32.1. The third kappa shape index (κ3) is 5.74. The summed E-state index contributed by atoms with van der Waals surface area (Å²) < 4.78 is 5.17. The zero-order valence-corrected chi connectivity index (χ0v) is 13.3. The molecule has 0 fully saturated rings. The van der Waals surface area contributed by atoms with Gasteiger partial charge in [0.05, 0.1) is 6.10 Å². The van der Waals surface area contributed by atoms with Crippen LogP contribution in [0.4, 0.5) is 0 Å². The molecule has 0 aliphatic carbocycles. The van der Waals surface area contributed by atoms with Crippen LogP contribution >= 0.6 is 11.3 Å². The van der Waals surface area contributed by atoms with Gasteiger partial charge in [-0.25, -0.2) is 4.79 Å². The molecule has 0 radical (unpaired) electrons. The molecule has 3 nitrogen and oxygen atoms in total. The average Bonchev–Trinajstić information content (AvgIpc) is 2.73. The summed E-state index contributed by atoms with van der Waals surface area (Å²) >= 11 is 1.44. The molecule has 4 heteroatoms. The molecule has 19 heavy (non-hydrogen) atoms. The van der Waals surface area contributed by atoms with Gasteiger partial charge < -0.3 is 10.5 Å². The van der Waals surface area contributed by atoms with Gasteiger partial charge in [0.2, 0.25) is 0 Å². The number of hydrogen-bond donors (Lipinski definition) is 1. The van der Waals surface area contributed by atoms with Gasteiger partial charge in [-0.05, 0) is 44.2 Å². The van der Waals surface area contributed by atoms with Crippen molar-refractivity contribution in [1.29, 1.82) is 0 Å². The van der Waals surface area contributed by atoms with Crippen LogP contribution in [0.25, 0.3) is 0 Å². The largest absolute Gasteiger partial charge is 0.459 e. The summed E-state index contributed by atoms with van der Waals surface area (Å²) in [6.45, 7) is 10.3. The lowest BCUT2D eigenvalue weighted by atomic mass is 9.88. The predicted molar refractivity (Wildman–Crippen MR) is 80.5 cm³/mol. The van der Waals surface area contributed by atoms with Gasteiger partial charge in [-0.1, -0.05) is 20.8 Å². The Labute approximate surface area is 120 Å². The van der Waals surface area contributed by atoms with Gasteiger partial charge in [0, 0.05) is 10.9 Å². The summed E-state index contributed by atoms with van der Waals surface area (Å²) in [7, 11) is 0. The van der Waals surface area contributed by atoms with E-state index in [0.717, 1.165) is 17.7 Å². The minimum Gasteiger partial charge on any atom is -0.459 e. The molecule has 0 saturated heterocycles. The third-order valence-corrected chi connectivity index (χ3v) is 3.94. The zero-order chi connectivity index (χ0) is 14.6.